The second-order valence-electron chi connectivity index (χ2n) is 0.354. The molecule has 0 fully saturated rings. The molecule has 0 spiro atoms. The molecule has 0 rings (SSSR count). The van der Waals surface area contributed by atoms with E-state index < -0.39 is 15.7 Å². The molecular formula is H2O5Os-2. The van der Waals surface area contributed by atoms with Crippen LogP contribution in [-0.4, -0.2) is 5.48 Å². The second-order valence-corrected chi connectivity index (χ2v) is 2.89. The zero-order valence-electron chi connectivity index (χ0n) is 2.49. The first-order valence-electron chi connectivity index (χ1n) is 0.577. The fourth-order valence-corrected chi connectivity index (χ4v) is 0. The van der Waals surface area contributed by atoms with E-state index in [1.807, 2.05) is 0 Å². The van der Waals surface area contributed by atoms with Crippen LogP contribution < -0.4 is 7.80 Å². The summed E-state index contributed by atoms with van der Waals surface area (Å²) >= 11 is -6.06. The van der Waals surface area contributed by atoms with Gasteiger partial charge in [-0.15, -0.1) is 0 Å². The van der Waals surface area contributed by atoms with E-state index in [2.05, 4.69) is 0 Å². The third-order valence-corrected chi connectivity index (χ3v) is 0. The maximum atomic E-state index is 8.63. The molecule has 42 valence electrons. The summed E-state index contributed by atoms with van der Waals surface area (Å²) in [6.07, 6.45) is 0. The molecule has 0 amide bonds. The number of hydrogen-bond acceptors (Lipinski definition) is 4. The van der Waals surface area contributed by atoms with Crippen molar-refractivity contribution >= 4 is 0 Å². The molecular weight excluding hydrogens is 270 g/mol. The Hall–Kier alpha value is 0.116. The zero-order valence-corrected chi connectivity index (χ0v) is 5.03. The van der Waals surface area contributed by atoms with Crippen LogP contribution in [0.15, 0.2) is 0 Å². The van der Waals surface area contributed by atoms with Crippen LogP contribution in [0.1, 0.15) is 0 Å². The van der Waals surface area contributed by atoms with Crippen molar-refractivity contribution in [3.05, 3.63) is 0 Å². The molecule has 6 heteroatoms. The van der Waals surface area contributed by atoms with Gasteiger partial charge in [-0.1, -0.05) is 0 Å². The van der Waals surface area contributed by atoms with E-state index in [4.69, 9.17) is 14.9 Å². The summed E-state index contributed by atoms with van der Waals surface area (Å²) in [5, 5.41) is 0. The second kappa shape index (κ2) is 2.32. The molecule has 0 bridgehead atoms. The Labute approximate surface area is 36.8 Å². The topological polar surface area (TPSA) is 112 Å². The summed E-state index contributed by atoms with van der Waals surface area (Å²) in [6, 6.07) is 0. The summed E-state index contributed by atoms with van der Waals surface area (Å²) < 4.78 is 34.5. The standard InChI is InChI=1S/H2O.4O.Os/h1H2;;;;;/q;;;2*-1;. The molecule has 0 unspecified atom stereocenters. The van der Waals surface area contributed by atoms with Crippen LogP contribution in [0.2, 0.25) is 0 Å². The minimum atomic E-state index is -6.06. The third kappa shape index (κ3) is 2950. The Morgan fingerprint density at radius 2 is 1.17 bits per heavy atom. The fourth-order valence-electron chi connectivity index (χ4n) is 0. The van der Waals surface area contributed by atoms with Crippen molar-refractivity contribution in [3.63, 3.8) is 0 Å². The molecule has 0 saturated carbocycles. The van der Waals surface area contributed by atoms with Crippen LogP contribution in [0.4, 0.5) is 0 Å². The van der Waals surface area contributed by atoms with Gasteiger partial charge in [-0.2, -0.15) is 0 Å². The van der Waals surface area contributed by atoms with Gasteiger partial charge in [0.15, 0.2) is 0 Å². The molecule has 6 heavy (non-hydrogen) atoms. The van der Waals surface area contributed by atoms with Crippen LogP contribution in [-0.2, 0) is 22.7 Å². The summed E-state index contributed by atoms with van der Waals surface area (Å²) in [4.78, 5) is 0. The minimum absolute atomic E-state index is 0. The predicted molar refractivity (Wildman–Crippen MR) is 4.99 cm³/mol. The first-order valence-corrected chi connectivity index (χ1v) is 4.73. The van der Waals surface area contributed by atoms with Crippen LogP contribution in [0.3, 0.4) is 0 Å². The van der Waals surface area contributed by atoms with Gasteiger partial charge in [-0.3, -0.25) is 0 Å². The Bertz CT molecular complexity index is 87.1. The molecule has 0 aliphatic heterocycles. The Kier molecular flexibility index (Phi) is 3.65. The predicted octanol–water partition coefficient (Wildman–Crippen LogP) is -3.44. The van der Waals surface area contributed by atoms with Crippen molar-refractivity contribution in [2.45, 2.75) is 0 Å². The molecule has 2 N–H and O–H groups in total. The van der Waals surface area contributed by atoms with E-state index in [-0.39, 0.29) is 5.48 Å². The van der Waals surface area contributed by atoms with E-state index in [9.17, 15) is 0 Å². The summed E-state index contributed by atoms with van der Waals surface area (Å²) in [5.74, 6) is 0. The maximum absolute atomic E-state index is 8.63. The van der Waals surface area contributed by atoms with Crippen molar-refractivity contribution in [1.29, 1.82) is 0 Å². The molecule has 0 aliphatic rings. The third-order valence-electron chi connectivity index (χ3n) is 0. The van der Waals surface area contributed by atoms with Crippen molar-refractivity contribution < 1.29 is 36.0 Å². The molecule has 0 atom stereocenters. The van der Waals surface area contributed by atoms with Gasteiger partial charge in [0.25, 0.3) is 0 Å². The van der Waals surface area contributed by atoms with Gasteiger partial charge >= 0.3 is 30.5 Å². The Balaban J connectivity index is 0. The molecule has 0 aromatic carbocycles. The molecule has 0 saturated heterocycles. The molecule has 0 radical (unpaired) electrons. The molecule has 0 aromatic heterocycles. The number of rotatable bonds is 0. The average molecular weight is 272 g/mol. The normalized spacial score (nSPS) is 12.3. The fraction of sp³-hybridized carbons (Fsp3) is 0. The Morgan fingerprint density at radius 3 is 1.17 bits per heavy atom. The van der Waals surface area contributed by atoms with Crippen molar-refractivity contribution in [3.8, 4) is 0 Å². The van der Waals surface area contributed by atoms with Crippen molar-refractivity contribution in [2.24, 2.45) is 0 Å². The zero-order chi connectivity index (χ0) is 4.50. The van der Waals surface area contributed by atoms with Gasteiger partial charge in [-0.25, -0.2) is 0 Å². The molecule has 0 heterocycles. The average Bonchev–Trinajstić information content (AvgIpc) is 0.722. The summed E-state index contributed by atoms with van der Waals surface area (Å²) in [5.41, 5.74) is 0. The van der Waals surface area contributed by atoms with Crippen LogP contribution in [0, 0.1) is 0 Å². The van der Waals surface area contributed by atoms with E-state index in [1.165, 1.54) is 0 Å². The first-order chi connectivity index (χ1) is 2.00. The van der Waals surface area contributed by atoms with Crippen molar-refractivity contribution in [1.82, 2.24) is 0 Å². The summed E-state index contributed by atoms with van der Waals surface area (Å²) in [7, 11) is 0. The summed E-state index contributed by atoms with van der Waals surface area (Å²) in [6.45, 7) is 0. The van der Waals surface area contributed by atoms with Gasteiger partial charge < -0.3 is 5.48 Å². The van der Waals surface area contributed by atoms with Gasteiger partial charge in [0.2, 0.25) is 0 Å². The Morgan fingerprint density at radius 1 is 1.17 bits per heavy atom. The van der Waals surface area contributed by atoms with E-state index in [1.54, 1.807) is 0 Å². The van der Waals surface area contributed by atoms with Crippen molar-refractivity contribution in [2.75, 3.05) is 0 Å². The van der Waals surface area contributed by atoms with E-state index in [0.29, 0.717) is 0 Å². The SMILES string of the molecule is O.[O]=[Os](=[O])([O-])[O-]. The van der Waals surface area contributed by atoms with Gasteiger partial charge in [0.1, 0.15) is 0 Å². The number of hydrogen-bond donors (Lipinski definition) is 0. The van der Waals surface area contributed by atoms with Gasteiger partial charge in [0, 0.05) is 0 Å². The molecule has 5 nitrogen and oxygen atoms in total. The van der Waals surface area contributed by atoms with E-state index >= 15 is 0 Å². The first kappa shape index (κ1) is 9.45. The van der Waals surface area contributed by atoms with Crippen LogP contribution >= 0.6 is 0 Å². The monoisotopic (exact) mass is 274 g/mol. The van der Waals surface area contributed by atoms with Crippen LogP contribution in [0.5, 0.6) is 0 Å². The van der Waals surface area contributed by atoms with Gasteiger partial charge in [-0.05, 0) is 0 Å². The van der Waals surface area contributed by atoms with Crippen LogP contribution in [0.25, 0.3) is 0 Å². The quantitative estimate of drug-likeness (QED) is 0.456. The molecule has 0 aliphatic carbocycles. The molecule has 0 aromatic rings. The van der Waals surface area contributed by atoms with Gasteiger partial charge in [0.05, 0.1) is 0 Å². The van der Waals surface area contributed by atoms with E-state index in [0.717, 1.165) is 0 Å².